The first-order valence-corrected chi connectivity index (χ1v) is 6.32. The molecule has 1 N–H and O–H groups in total. The Bertz CT molecular complexity index is 414. The minimum absolute atomic E-state index is 0.168. The van der Waals surface area contributed by atoms with Crippen molar-refractivity contribution in [2.24, 2.45) is 0 Å². The molecule has 1 saturated heterocycles. The molecule has 0 bridgehead atoms. The van der Waals surface area contributed by atoms with Gasteiger partial charge in [-0.3, -0.25) is 4.79 Å². The summed E-state index contributed by atoms with van der Waals surface area (Å²) in [5, 5.41) is 3.84. The van der Waals surface area contributed by atoms with E-state index >= 15 is 0 Å². The Morgan fingerprint density at radius 1 is 1.41 bits per heavy atom. The smallest absolute Gasteiger partial charge is 0.241 e. The molecule has 1 heterocycles. The zero-order valence-corrected chi connectivity index (χ0v) is 10.8. The van der Waals surface area contributed by atoms with Crippen LogP contribution in [0.1, 0.15) is 18.4 Å². The van der Waals surface area contributed by atoms with E-state index in [1.807, 2.05) is 30.0 Å². The molecule has 0 saturated carbocycles. The minimum Gasteiger partial charge on any atom is -0.376 e. The zero-order valence-electron chi connectivity index (χ0n) is 10.0. The van der Waals surface area contributed by atoms with Crippen molar-refractivity contribution in [2.45, 2.75) is 19.8 Å². The van der Waals surface area contributed by atoms with Crippen LogP contribution in [-0.4, -0.2) is 30.4 Å². The number of hydrogen-bond donors (Lipinski definition) is 1. The summed E-state index contributed by atoms with van der Waals surface area (Å²) in [7, 11) is 0. The predicted molar refractivity (Wildman–Crippen MR) is 70.5 cm³/mol. The van der Waals surface area contributed by atoms with Crippen LogP contribution in [0.15, 0.2) is 18.2 Å². The third kappa shape index (κ3) is 3.13. The maximum atomic E-state index is 11.8. The largest absolute Gasteiger partial charge is 0.376 e. The van der Waals surface area contributed by atoms with E-state index in [2.05, 4.69) is 5.32 Å². The third-order valence-corrected chi connectivity index (χ3v) is 3.32. The van der Waals surface area contributed by atoms with Gasteiger partial charge in [0.25, 0.3) is 0 Å². The normalized spacial score (nSPS) is 15.1. The van der Waals surface area contributed by atoms with Crippen molar-refractivity contribution < 1.29 is 4.79 Å². The first-order chi connectivity index (χ1) is 8.16. The van der Waals surface area contributed by atoms with E-state index in [1.54, 1.807) is 0 Å². The van der Waals surface area contributed by atoms with Crippen molar-refractivity contribution in [1.29, 1.82) is 0 Å². The molecule has 0 aliphatic carbocycles. The standard InChI is InChI=1S/C13H17ClN2O/c1-10-4-5-11(14)8-12(10)15-9-13(17)16-6-2-3-7-16/h4-5,8,15H,2-3,6-7,9H2,1H3. The van der Waals surface area contributed by atoms with Crippen LogP contribution in [-0.2, 0) is 4.79 Å². The summed E-state index contributed by atoms with van der Waals surface area (Å²) in [5.41, 5.74) is 2.04. The number of aryl methyl sites for hydroxylation is 1. The highest BCUT2D eigenvalue weighted by Gasteiger charge is 2.17. The Morgan fingerprint density at radius 2 is 2.12 bits per heavy atom. The number of nitrogens with zero attached hydrogens (tertiary/aromatic N) is 1. The molecular weight excluding hydrogens is 236 g/mol. The maximum absolute atomic E-state index is 11.8. The van der Waals surface area contributed by atoms with E-state index in [0.29, 0.717) is 11.6 Å². The lowest BCUT2D eigenvalue weighted by Gasteiger charge is -2.16. The molecule has 2 rings (SSSR count). The molecule has 3 nitrogen and oxygen atoms in total. The van der Waals surface area contributed by atoms with Gasteiger partial charge < -0.3 is 10.2 Å². The molecule has 1 fully saturated rings. The Labute approximate surface area is 107 Å². The van der Waals surface area contributed by atoms with Crippen molar-refractivity contribution in [3.8, 4) is 0 Å². The van der Waals surface area contributed by atoms with E-state index in [4.69, 9.17) is 11.6 Å². The van der Waals surface area contributed by atoms with E-state index in [1.165, 1.54) is 0 Å². The van der Waals surface area contributed by atoms with Gasteiger partial charge in [0.15, 0.2) is 0 Å². The molecule has 1 aliphatic rings. The molecule has 0 unspecified atom stereocenters. The highest BCUT2D eigenvalue weighted by Crippen LogP contribution is 2.20. The summed E-state index contributed by atoms with van der Waals surface area (Å²) in [6.07, 6.45) is 2.25. The Hall–Kier alpha value is -1.22. The van der Waals surface area contributed by atoms with Gasteiger partial charge >= 0.3 is 0 Å². The maximum Gasteiger partial charge on any atom is 0.241 e. The van der Waals surface area contributed by atoms with Gasteiger partial charge in [0.1, 0.15) is 0 Å². The third-order valence-electron chi connectivity index (χ3n) is 3.09. The van der Waals surface area contributed by atoms with Crippen molar-refractivity contribution in [3.63, 3.8) is 0 Å². The van der Waals surface area contributed by atoms with E-state index in [-0.39, 0.29) is 5.91 Å². The van der Waals surface area contributed by atoms with Gasteiger partial charge in [-0.1, -0.05) is 17.7 Å². The van der Waals surface area contributed by atoms with E-state index < -0.39 is 0 Å². The van der Waals surface area contributed by atoms with Crippen LogP contribution >= 0.6 is 11.6 Å². The lowest BCUT2D eigenvalue weighted by Crippen LogP contribution is -2.33. The number of amides is 1. The van der Waals surface area contributed by atoms with Crippen LogP contribution in [0.5, 0.6) is 0 Å². The van der Waals surface area contributed by atoms with Crippen molar-refractivity contribution in [2.75, 3.05) is 25.0 Å². The number of halogens is 1. The molecule has 1 aromatic carbocycles. The number of carbonyl (C=O) groups excluding carboxylic acids is 1. The molecule has 0 atom stereocenters. The van der Waals surface area contributed by atoms with Crippen LogP contribution in [0.4, 0.5) is 5.69 Å². The van der Waals surface area contributed by atoms with Gasteiger partial charge in [0, 0.05) is 23.8 Å². The van der Waals surface area contributed by atoms with Gasteiger partial charge in [-0.25, -0.2) is 0 Å². The molecule has 17 heavy (non-hydrogen) atoms. The number of nitrogens with one attached hydrogen (secondary N) is 1. The van der Waals surface area contributed by atoms with Gasteiger partial charge in [0.05, 0.1) is 6.54 Å². The van der Waals surface area contributed by atoms with Crippen LogP contribution in [0.2, 0.25) is 5.02 Å². The van der Waals surface area contributed by atoms with Crippen molar-refractivity contribution >= 4 is 23.2 Å². The molecule has 1 aliphatic heterocycles. The average Bonchev–Trinajstić information content (AvgIpc) is 2.83. The number of benzene rings is 1. The van der Waals surface area contributed by atoms with Gasteiger partial charge in [-0.2, -0.15) is 0 Å². The van der Waals surface area contributed by atoms with Gasteiger partial charge in [-0.15, -0.1) is 0 Å². The second-order valence-electron chi connectivity index (χ2n) is 4.40. The fourth-order valence-corrected chi connectivity index (χ4v) is 2.21. The number of likely N-dealkylation sites (tertiary alicyclic amines) is 1. The van der Waals surface area contributed by atoms with E-state index in [9.17, 15) is 4.79 Å². The quantitative estimate of drug-likeness (QED) is 0.897. The van der Waals surface area contributed by atoms with Crippen LogP contribution in [0.3, 0.4) is 0 Å². The number of hydrogen-bond acceptors (Lipinski definition) is 2. The minimum atomic E-state index is 0.168. The fraction of sp³-hybridized carbons (Fsp3) is 0.462. The average molecular weight is 253 g/mol. The molecule has 4 heteroatoms. The SMILES string of the molecule is Cc1ccc(Cl)cc1NCC(=O)N1CCCC1. The number of anilines is 1. The monoisotopic (exact) mass is 252 g/mol. The molecule has 1 amide bonds. The fourth-order valence-electron chi connectivity index (χ4n) is 2.03. The van der Waals surface area contributed by atoms with Crippen LogP contribution in [0.25, 0.3) is 0 Å². The summed E-state index contributed by atoms with van der Waals surface area (Å²) in [4.78, 5) is 13.8. The molecular formula is C13H17ClN2O. The number of carbonyl (C=O) groups is 1. The molecule has 0 radical (unpaired) electrons. The number of rotatable bonds is 3. The first kappa shape index (κ1) is 12.2. The Kier molecular flexibility index (Phi) is 3.89. The highest BCUT2D eigenvalue weighted by atomic mass is 35.5. The topological polar surface area (TPSA) is 32.3 Å². The van der Waals surface area contributed by atoms with Crippen molar-refractivity contribution in [3.05, 3.63) is 28.8 Å². The Balaban J connectivity index is 1.92. The van der Waals surface area contributed by atoms with Crippen LogP contribution < -0.4 is 5.32 Å². The zero-order chi connectivity index (χ0) is 12.3. The van der Waals surface area contributed by atoms with Gasteiger partial charge in [0.2, 0.25) is 5.91 Å². The van der Waals surface area contributed by atoms with E-state index in [0.717, 1.165) is 37.2 Å². The lowest BCUT2D eigenvalue weighted by atomic mass is 10.2. The van der Waals surface area contributed by atoms with Crippen molar-refractivity contribution in [1.82, 2.24) is 4.90 Å². The summed E-state index contributed by atoms with van der Waals surface area (Å²) >= 11 is 5.92. The lowest BCUT2D eigenvalue weighted by molar-refractivity contribution is -0.128. The second-order valence-corrected chi connectivity index (χ2v) is 4.84. The van der Waals surface area contributed by atoms with Crippen LogP contribution in [0, 0.1) is 6.92 Å². The molecule has 0 spiro atoms. The molecule has 1 aromatic rings. The highest BCUT2D eigenvalue weighted by molar-refractivity contribution is 6.30. The summed E-state index contributed by atoms with van der Waals surface area (Å²) < 4.78 is 0. The Morgan fingerprint density at radius 3 is 2.82 bits per heavy atom. The predicted octanol–water partition coefficient (Wildman–Crippen LogP) is 2.68. The molecule has 92 valence electrons. The first-order valence-electron chi connectivity index (χ1n) is 5.94. The summed E-state index contributed by atoms with van der Waals surface area (Å²) in [6.45, 7) is 4.14. The molecule has 0 aromatic heterocycles. The second kappa shape index (κ2) is 5.41. The summed E-state index contributed by atoms with van der Waals surface area (Å²) in [5.74, 6) is 0.168. The van der Waals surface area contributed by atoms with Gasteiger partial charge in [-0.05, 0) is 37.5 Å². The summed E-state index contributed by atoms with van der Waals surface area (Å²) in [6, 6.07) is 5.66.